The minimum Gasteiger partial charge on any atom is -0.478 e. The Bertz CT molecular complexity index is 1060. The lowest BCUT2D eigenvalue weighted by molar-refractivity contribution is 0.0696. The number of aromatic nitrogens is 2. The minimum atomic E-state index is -0.924. The van der Waals surface area contributed by atoms with Crippen LogP contribution in [0.3, 0.4) is 0 Å². The van der Waals surface area contributed by atoms with E-state index in [0.717, 1.165) is 18.4 Å². The second kappa shape index (κ2) is 7.56. The van der Waals surface area contributed by atoms with E-state index >= 15 is 0 Å². The third-order valence-electron chi connectivity index (χ3n) is 4.89. The van der Waals surface area contributed by atoms with Gasteiger partial charge in [0.15, 0.2) is 0 Å². The molecule has 0 amide bonds. The number of nitrogens with one attached hydrogen (secondary N) is 1. The molecule has 0 aliphatic heterocycles. The number of carboxylic acids is 1. The molecular formula is C21H17ClFN3O2. The Hall–Kier alpha value is -2.99. The summed E-state index contributed by atoms with van der Waals surface area (Å²) < 4.78 is 13.4. The van der Waals surface area contributed by atoms with E-state index in [1.54, 1.807) is 30.5 Å². The first-order valence-corrected chi connectivity index (χ1v) is 9.27. The molecule has 4 rings (SSSR count). The van der Waals surface area contributed by atoms with E-state index in [4.69, 9.17) is 11.6 Å². The van der Waals surface area contributed by atoms with Crippen molar-refractivity contribution in [3.8, 4) is 11.3 Å². The highest BCUT2D eigenvalue weighted by Gasteiger charge is 2.20. The number of fused-ring (bicyclic) bond motifs is 1. The van der Waals surface area contributed by atoms with E-state index in [9.17, 15) is 14.3 Å². The van der Waals surface area contributed by atoms with Gasteiger partial charge in [-0.3, -0.25) is 0 Å². The van der Waals surface area contributed by atoms with Gasteiger partial charge in [0.2, 0.25) is 5.95 Å². The molecule has 0 saturated heterocycles. The molecule has 0 bridgehead atoms. The monoisotopic (exact) mass is 397 g/mol. The molecular weight excluding hydrogens is 381 g/mol. The number of hydrogen-bond donors (Lipinski definition) is 2. The molecule has 0 spiro atoms. The number of aromatic carboxylic acids is 1. The van der Waals surface area contributed by atoms with Crippen molar-refractivity contribution in [3.63, 3.8) is 0 Å². The van der Waals surface area contributed by atoms with Crippen molar-refractivity contribution >= 4 is 23.5 Å². The van der Waals surface area contributed by atoms with Crippen LogP contribution >= 0.6 is 11.6 Å². The SMILES string of the molecule is O=C(O)c1ccc2c(c1)CC(Nc1nccc(-c3ccc(F)c(Cl)c3)n1)CC2. The van der Waals surface area contributed by atoms with Gasteiger partial charge >= 0.3 is 5.97 Å². The van der Waals surface area contributed by atoms with Crippen molar-refractivity contribution in [1.29, 1.82) is 0 Å². The number of hydrogen-bond acceptors (Lipinski definition) is 4. The number of aryl methyl sites for hydroxylation is 1. The van der Waals surface area contributed by atoms with Crippen molar-refractivity contribution in [1.82, 2.24) is 9.97 Å². The number of rotatable bonds is 4. The highest BCUT2D eigenvalue weighted by atomic mass is 35.5. The summed E-state index contributed by atoms with van der Waals surface area (Å²) >= 11 is 5.87. The highest BCUT2D eigenvalue weighted by molar-refractivity contribution is 6.31. The molecule has 1 heterocycles. The predicted octanol–water partition coefficient (Wildman–Crippen LogP) is 4.60. The Morgan fingerprint density at radius 1 is 1.18 bits per heavy atom. The van der Waals surface area contributed by atoms with Gasteiger partial charge in [0.05, 0.1) is 16.3 Å². The van der Waals surface area contributed by atoms with Gasteiger partial charge in [0, 0.05) is 17.8 Å². The normalized spacial score (nSPS) is 15.7. The Morgan fingerprint density at radius 2 is 2.04 bits per heavy atom. The Balaban J connectivity index is 1.53. The fraction of sp³-hybridized carbons (Fsp3) is 0.190. The zero-order valence-corrected chi connectivity index (χ0v) is 15.6. The third kappa shape index (κ3) is 3.82. The zero-order valence-electron chi connectivity index (χ0n) is 14.8. The fourth-order valence-electron chi connectivity index (χ4n) is 3.44. The Kier molecular flexibility index (Phi) is 4.96. The summed E-state index contributed by atoms with van der Waals surface area (Å²) in [5, 5.41) is 12.6. The van der Waals surface area contributed by atoms with E-state index < -0.39 is 11.8 Å². The van der Waals surface area contributed by atoms with Gasteiger partial charge in [-0.2, -0.15) is 0 Å². The summed E-state index contributed by atoms with van der Waals surface area (Å²) in [5.74, 6) is -0.924. The number of nitrogens with zero attached hydrogens (tertiary/aromatic N) is 2. The van der Waals surface area contributed by atoms with Gasteiger partial charge in [-0.05, 0) is 66.8 Å². The number of benzene rings is 2. The van der Waals surface area contributed by atoms with Crippen LogP contribution in [0.25, 0.3) is 11.3 Å². The van der Waals surface area contributed by atoms with Crippen LogP contribution < -0.4 is 5.32 Å². The number of anilines is 1. The average Bonchev–Trinajstić information content (AvgIpc) is 2.69. The summed E-state index contributed by atoms with van der Waals surface area (Å²) in [6, 6.07) is 11.6. The smallest absolute Gasteiger partial charge is 0.335 e. The van der Waals surface area contributed by atoms with Crippen molar-refractivity contribution in [3.05, 3.63) is 76.2 Å². The molecule has 2 aromatic carbocycles. The second-order valence-electron chi connectivity index (χ2n) is 6.77. The van der Waals surface area contributed by atoms with E-state index in [1.807, 2.05) is 6.07 Å². The number of carbonyl (C=O) groups is 1. The lowest BCUT2D eigenvalue weighted by Crippen LogP contribution is -2.28. The Labute approximate surface area is 166 Å². The van der Waals surface area contributed by atoms with E-state index in [0.29, 0.717) is 29.2 Å². The number of carboxylic acid groups (broad SMARTS) is 1. The molecule has 0 saturated carbocycles. The predicted molar refractivity (Wildman–Crippen MR) is 105 cm³/mol. The fourth-order valence-corrected chi connectivity index (χ4v) is 3.62. The minimum absolute atomic E-state index is 0.0451. The van der Waals surface area contributed by atoms with Crippen molar-refractivity contribution in [2.24, 2.45) is 0 Å². The molecule has 1 aliphatic rings. The summed E-state index contributed by atoms with van der Waals surface area (Å²) in [6.45, 7) is 0. The topological polar surface area (TPSA) is 75.1 Å². The van der Waals surface area contributed by atoms with Crippen LogP contribution in [0, 0.1) is 5.82 Å². The first-order chi connectivity index (χ1) is 13.5. The molecule has 0 fully saturated rings. The summed E-state index contributed by atoms with van der Waals surface area (Å²) in [6.07, 6.45) is 4.10. The van der Waals surface area contributed by atoms with Crippen molar-refractivity contribution in [2.75, 3.05) is 5.32 Å². The van der Waals surface area contributed by atoms with Crippen LogP contribution in [0.1, 0.15) is 27.9 Å². The molecule has 3 aromatic rings. The molecule has 1 aromatic heterocycles. The van der Waals surface area contributed by atoms with Crippen molar-refractivity contribution < 1.29 is 14.3 Å². The molecule has 5 nitrogen and oxygen atoms in total. The summed E-state index contributed by atoms with van der Waals surface area (Å²) in [5.41, 5.74) is 3.86. The van der Waals surface area contributed by atoms with Gasteiger partial charge in [-0.15, -0.1) is 0 Å². The van der Waals surface area contributed by atoms with Gasteiger partial charge in [0.25, 0.3) is 0 Å². The van der Waals surface area contributed by atoms with E-state index in [2.05, 4.69) is 15.3 Å². The van der Waals surface area contributed by atoms with Crippen LogP contribution in [0.5, 0.6) is 0 Å². The van der Waals surface area contributed by atoms with E-state index in [-0.39, 0.29) is 11.1 Å². The summed E-state index contributed by atoms with van der Waals surface area (Å²) in [4.78, 5) is 20.0. The third-order valence-corrected chi connectivity index (χ3v) is 5.18. The number of halogens is 2. The van der Waals surface area contributed by atoms with Crippen LogP contribution in [0.4, 0.5) is 10.3 Å². The highest BCUT2D eigenvalue weighted by Crippen LogP contribution is 2.26. The lowest BCUT2D eigenvalue weighted by Gasteiger charge is -2.26. The van der Waals surface area contributed by atoms with Gasteiger partial charge in [0.1, 0.15) is 5.82 Å². The zero-order chi connectivity index (χ0) is 19.7. The Morgan fingerprint density at radius 3 is 2.82 bits per heavy atom. The molecule has 7 heteroatoms. The molecule has 1 unspecified atom stereocenters. The second-order valence-corrected chi connectivity index (χ2v) is 7.17. The van der Waals surface area contributed by atoms with Crippen LogP contribution in [-0.2, 0) is 12.8 Å². The summed E-state index contributed by atoms with van der Waals surface area (Å²) in [7, 11) is 0. The first-order valence-electron chi connectivity index (χ1n) is 8.90. The quantitative estimate of drug-likeness (QED) is 0.672. The van der Waals surface area contributed by atoms with Crippen LogP contribution in [0.15, 0.2) is 48.7 Å². The van der Waals surface area contributed by atoms with Crippen molar-refractivity contribution in [2.45, 2.75) is 25.3 Å². The largest absolute Gasteiger partial charge is 0.478 e. The molecule has 1 aliphatic carbocycles. The maximum Gasteiger partial charge on any atom is 0.335 e. The van der Waals surface area contributed by atoms with E-state index in [1.165, 1.54) is 17.7 Å². The standard InChI is InChI=1S/C21H17ClFN3O2/c22-17-11-13(4-6-18(17)23)19-7-8-24-21(26-19)25-16-5-3-12-1-2-14(20(27)28)9-15(12)10-16/h1-2,4,6-9,11,16H,3,5,10H2,(H,27,28)(H,24,25,26). The first kappa shape index (κ1) is 18.4. The van der Waals surface area contributed by atoms with Crippen LogP contribution in [-0.4, -0.2) is 27.1 Å². The molecule has 0 radical (unpaired) electrons. The lowest BCUT2D eigenvalue weighted by atomic mass is 9.87. The molecule has 28 heavy (non-hydrogen) atoms. The molecule has 2 N–H and O–H groups in total. The van der Waals surface area contributed by atoms with Gasteiger partial charge in [-0.25, -0.2) is 19.2 Å². The molecule has 142 valence electrons. The van der Waals surface area contributed by atoms with Gasteiger partial charge < -0.3 is 10.4 Å². The molecule has 1 atom stereocenters. The maximum absolute atomic E-state index is 13.4. The maximum atomic E-state index is 13.4. The van der Waals surface area contributed by atoms with Gasteiger partial charge in [-0.1, -0.05) is 17.7 Å². The average molecular weight is 398 g/mol. The van der Waals surface area contributed by atoms with Crippen LogP contribution in [0.2, 0.25) is 5.02 Å².